The van der Waals surface area contributed by atoms with Crippen molar-refractivity contribution in [2.45, 2.75) is 13.3 Å². The topological polar surface area (TPSA) is 74.7 Å². The molecule has 1 aromatic rings. The van der Waals surface area contributed by atoms with Gasteiger partial charge in [0.25, 0.3) is 0 Å². The monoisotopic (exact) mass is 255 g/mol. The molecule has 0 saturated carbocycles. The largest absolute Gasteiger partial charge is 0.478 e. The van der Waals surface area contributed by atoms with Gasteiger partial charge in [-0.25, -0.2) is 13.2 Å². The summed E-state index contributed by atoms with van der Waals surface area (Å²) in [4.78, 5) is 10.9. The van der Waals surface area contributed by atoms with Gasteiger partial charge in [-0.1, -0.05) is 6.07 Å². The van der Waals surface area contributed by atoms with Gasteiger partial charge >= 0.3 is 5.97 Å². The second kappa shape index (κ2) is 4.03. The van der Waals surface area contributed by atoms with Crippen LogP contribution in [0.2, 0.25) is 0 Å². The number of nitrogens with zero attached hydrogens (tertiary/aromatic N) is 1. The molecule has 1 aliphatic heterocycles. The van der Waals surface area contributed by atoms with Crippen LogP contribution in [0.25, 0.3) is 0 Å². The van der Waals surface area contributed by atoms with Crippen LogP contribution in [-0.2, 0) is 16.4 Å². The normalized spacial score (nSPS) is 14.8. The summed E-state index contributed by atoms with van der Waals surface area (Å²) in [6, 6.07) is 4.62. The maximum Gasteiger partial charge on any atom is 0.335 e. The maximum absolute atomic E-state index is 11.8. The minimum absolute atomic E-state index is 0.0176. The minimum Gasteiger partial charge on any atom is -0.478 e. The van der Waals surface area contributed by atoms with E-state index in [1.807, 2.05) is 0 Å². The van der Waals surface area contributed by atoms with Crippen molar-refractivity contribution in [1.29, 1.82) is 0 Å². The minimum atomic E-state index is -3.31. The lowest BCUT2D eigenvalue weighted by Crippen LogP contribution is -2.30. The first-order chi connectivity index (χ1) is 7.95. The molecular weight excluding hydrogens is 242 g/mol. The third-order valence-electron chi connectivity index (χ3n) is 2.89. The average molecular weight is 255 g/mol. The number of sulfonamides is 1. The van der Waals surface area contributed by atoms with Gasteiger partial charge in [-0.2, -0.15) is 0 Å². The fraction of sp³-hybridized carbons (Fsp3) is 0.364. The second-order valence-electron chi connectivity index (χ2n) is 3.87. The molecule has 0 saturated heterocycles. The Kier molecular flexibility index (Phi) is 2.82. The molecule has 0 atom stereocenters. The van der Waals surface area contributed by atoms with Gasteiger partial charge in [0.05, 0.1) is 17.0 Å². The van der Waals surface area contributed by atoms with Crippen molar-refractivity contribution in [3.05, 3.63) is 29.3 Å². The number of carbonyl (C=O) groups is 1. The van der Waals surface area contributed by atoms with Gasteiger partial charge in [0, 0.05) is 6.54 Å². The molecule has 2 rings (SSSR count). The summed E-state index contributed by atoms with van der Waals surface area (Å²) >= 11 is 0. The van der Waals surface area contributed by atoms with E-state index in [9.17, 15) is 13.2 Å². The molecule has 5 nitrogen and oxygen atoms in total. The van der Waals surface area contributed by atoms with Gasteiger partial charge < -0.3 is 5.11 Å². The van der Waals surface area contributed by atoms with Crippen LogP contribution < -0.4 is 4.31 Å². The third-order valence-corrected chi connectivity index (χ3v) is 4.67. The van der Waals surface area contributed by atoms with Crippen LogP contribution in [0.5, 0.6) is 0 Å². The molecule has 1 N–H and O–H groups in total. The summed E-state index contributed by atoms with van der Waals surface area (Å²) in [5, 5.41) is 8.89. The number of hydrogen-bond acceptors (Lipinski definition) is 3. The van der Waals surface area contributed by atoms with E-state index in [-0.39, 0.29) is 11.3 Å². The van der Waals surface area contributed by atoms with Gasteiger partial charge in [-0.3, -0.25) is 4.31 Å². The number of rotatable bonds is 3. The number of hydrogen-bond donors (Lipinski definition) is 1. The lowest BCUT2D eigenvalue weighted by molar-refractivity contribution is 0.0697. The zero-order valence-corrected chi connectivity index (χ0v) is 10.2. The predicted molar refractivity (Wildman–Crippen MR) is 63.9 cm³/mol. The van der Waals surface area contributed by atoms with Crippen LogP contribution in [0.3, 0.4) is 0 Å². The molecule has 1 heterocycles. The van der Waals surface area contributed by atoms with E-state index in [1.54, 1.807) is 13.0 Å². The highest BCUT2D eigenvalue weighted by atomic mass is 32.2. The van der Waals surface area contributed by atoms with Crippen LogP contribution in [-0.4, -0.2) is 31.8 Å². The molecule has 6 heteroatoms. The molecule has 1 aromatic carbocycles. The van der Waals surface area contributed by atoms with Crippen LogP contribution in [0, 0.1) is 0 Å². The highest BCUT2D eigenvalue weighted by molar-refractivity contribution is 7.92. The van der Waals surface area contributed by atoms with Crippen LogP contribution >= 0.6 is 0 Å². The molecule has 1 aliphatic rings. The first-order valence-electron chi connectivity index (χ1n) is 5.32. The van der Waals surface area contributed by atoms with E-state index in [1.165, 1.54) is 16.4 Å². The highest BCUT2D eigenvalue weighted by Crippen LogP contribution is 2.31. The Bertz CT molecular complexity index is 565. The first kappa shape index (κ1) is 11.9. The Labute approximate surface area is 99.7 Å². The lowest BCUT2D eigenvalue weighted by atomic mass is 10.1. The second-order valence-corrected chi connectivity index (χ2v) is 6.05. The Balaban J connectivity index is 2.50. The average Bonchev–Trinajstić information content (AvgIpc) is 2.72. The number of aromatic carboxylic acids is 1. The van der Waals surface area contributed by atoms with Crippen molar-refractivity contribution in [1.82, 2.24) is 0 Å². The molecule has 0 unspecified atom stereocenters. The van der Waals surface area contributed by atoms with Gasteiger partial charge in [-0.05, 0) is 31.0 Å². The number of fused-ring (bicyclic) bond motifs is 1. The van der Waals surface area contributed by atoms with Crippen molar-refractivity contribution in [2.75, 3.05) is 16.6 Å². The number of benzene rings is 1. The molecule has 0 amide bonds. The van der Waals surface area contributed by atoms with Gasteiger partial charge in [0.2, 0.25) is 10.0 Å². The molecule has 0 bridgehead atoms. The summed E-state index contributed by atoms with van der Waals surface area (Å²) in [7, 11) is -3.31. The molecule has 0 aliphatic carbocycles. The summed E-state index contributed by atoms with van der Waals surface area (Å²) < 4.78 is 24.9. The van der Waals surface area contributed by atoms with E-state index in [4.69, 9.17) is 5.11 Å². The SMILES string of the molecule is CCS(=O)(=O)N1CCc2ccc(C(=O)O)cc21. The Morgan fingerprint density at radius 2 is 2.18 bits per heavy atom. The first-order valence-corrected chi connectivity index (χ1v) is 6.93. The van der Waals surface area contributed by atoms with Gasteiger partial charge in [-0.15, -0.1) is 0 Å². The van der Waals surface area contributed by atoms with E-state index in [0.29, 0.717) is 18.7 Å². The van der Waals surface area contributed by atoms with E-state index in [2.05, 4.69) is 0 Å². The summed E-state index contributed by atoms with van der Waals surface area (Å²) in [5.74, 6) is -1.03. The Morgan fingerprint density at radius 1 is 1.47 bits per heavy atom. The molecule has 0 aromatic heterocycles. The standard InChI is InChI=1S/C11H13NO4S/c1-2-17(15,16)12-6-5-8-3-4-9(11(13)14)7-10(8)12/h3-4,7H,2,5-6H2,1H3,(H,13,14). The third kappa shape index (κ3) is 2.00. The zero-order valence-electron chi connectivity index (χ0n) is 9.38. The van der Waals surface area contributed by atoms with E-state index in [0.717, 1.165) is 5.56 Å². The van der Waals surface area contributed by atoms with E-state index < -0.39 is 16.0 Å². The van der Waals surface area contributed by atoms with Gasteiger partial charge in [0.1, 0.15) is 0 Å². The molecule has 92 valence electrons. The van der Waals surface area contributed by atoms with Crippen molar-refractivity contribution >= 4 is 21.7 Å². The number of carboxylic acids is 1. The molecule has 0 radical (unpaired) electrons. The smallest absolute Gasteiger partial charge is 0.335 e. The van der Waals surface area contributed by atoms with Crippen molar-refractivity contribution < 1.29 is 18.3 Å². The highest BCUT2D eigenvalue weighted by Gasteiger charge is 2.28. The molecule has 0 fully saturated rings. The maximum atomic E-state index is 11.8. The lowest BCUT2D eigenvalue weighted by Gasteiger charge is -2.18. The van der Waals surface area contributed by atoms with Crippen molar-refractivity contribution in [2.24, 2.45) is 0 Å². The summed E-state index contributed by atoms with van der Waals surface area (Å²) in [6.45, 7) is 1.98. The number of anilines is 1. The van der Waals surface area contributed by atoms with Crippen LogP contribution in [0.15, 0.2) is 18.2 Å². The summed E-state index contributed by atoms with van der Waals surface area (Å²) in [6.07, 6.45) is 0.633. The Hall–Kier alpha value is -1.56. The quantitative estimate of drug-likeness (QED) is 0.877. The van der Waals surface area contributed by atoms with E-state index >= 15 is 0 Å². The molecular formula is C11H13NO4S. The van der Waals surface area contributed by atoms with Crippen molar-refractivity contribution in [3.8, 4) is 0 Å². The molecule has 0 spiro atoms. The van der Waals surface area contributed by atoms with Crippen LogP contribution in [0.4, 0.5) is 5.69 Å². The molecule has 17 heavy (non-hydrogen) atoms. The fourth-order valence-corrected chi connectivity index (χ4v) is 3.08. The summed E-state index contributed by atoms with van der Waals surface area (Å²) in [5.41, 5.74) is 1.50. The zero-order chi connectivity index (χ0) is 12.6. The van der Waals surface area contributed by atoms with Gasteiger partial charge in [0.15, 0.2) is 0 Å². The predicted octanol–water partition coefficient (Wildman–Crippen LogP) is 1.10. The fourth-order valence-electron chi connectivity index (χ4n) is 1.93. The number of carboxylic acid groups (broad SMARTS) is 1. The Morgan fingerprint density at radius 3 is 2.76 bits per heavy atom. The van der Waals surface area contributed by atoms with Crippen molar-refractivity contribution in [3.63, 3.8) is 0 Å². The van der Waals surface area contributed by atoms with Crippen LogP contribution in [0.1, 0.15) is 22.8 Å².